The van der Waals surface area contributed by atoms with Crippen LogP contribution in [0.25, 0.3) is 0 Å². The largest absolute Gasteiger partial charge is 0.385 e. The van der Waals surface area contributed by atoms with Gasteiger partial charge in [-0.05, 0) is 55.8 Å². The van der Waals surface area contributed by atoms with Crippen LogP contribution >= 0.6 is 23.2 Å². The molecule has 0 bridgehead atoms. The van der Waals surface area contributed by atoms with Crippen molar-refractivity contribution in [3.8, 4) is 0 Å². The van der Waals surface area contributed by atoms with Gasteiger partial charge >= 0.3 is 0 Å². The van der Waals surface area contributed by atoms with Gasteiger partial charge in [-0.3, -0.25) is 13.9 Å². The molecule has 0 aromatic heterocycles. The molecule has 0 aliphatic heterocycles. The predicted molar refractivity (Wildman–Crippen MR) is 146 cm³/mol. The third-order valence-electron chi connectivity index (χ3n) is 5.29. The molecule has 0 fully saturated rings. The van der Waals surface area contributed by atoms with E-state index >= 15 is 0 Å². The van der Waals surface area contributed by atoms with E-state index in [-0.39, 0.29) is 37.8 Å². The summed E-state index contributed by atoms with van der Waals surface area (Å²) in [6, 6.07) is 17.0. The van der Waals surface area contributed by atoms with Crippen molar-refractivity contribution in [3.05, 3.63) is 87.9 Å². The van der Waals surface area contributed by atoms with Gasteiger partial charge in [0.25, 0.3) is 15.9 Å². The lowest BCUT2D eigenvalue weighted by Gasteiger charge is -2.25. The fourth-order valence-corrected chi connectivity index (χ4v) is 5.38. The number of rotatable bonds is 11. The zero-order chi connectivity index (χ0) is 27.0. The molecular weight excluding hydrogens is 537 g/mol. The normalized spacial score (nSPS) is 11.1. The van der Waals surface area contributed by atoms with Gasteiger partial charge in [-0.25, -0.2) is 8.42 Å². The van der Waals surface area contributed by atoms with E-state index in [2.05, 4.69) is 10.6 Å². The van der Waals surface area contributed by atoms with Gasteiger partial charge in [-0.15, -0.1) is 0 Å². The Hall–Kier alpha value is -3.11. The molecule has 3 rings (SSSR count). The summed E-state index contributed by atoms with van der Waals surface area (Å²) >= 11 is 12.3. The summed E-state index contributed by atoms with van der Waals surface area (Å²) in [5.41, 5.74) is 1.49. The lowest BCUT2D eigenvalue weighted by atomic mass is 10.1. The summed E-state index contributed by atoms with van der Waals surface area (Å²) in [5, 5.41) is 5.85. The Labute approximate surface area is 226 Å². The number of ether oxygens (including phenoxy) is 1. The Bertz CT molecular complexity index is 1340. The number of sulfonamides is 1. The number of para-hydroxylation sites is 1. The summed E-state index contributed by atoms with van der Waals surface area (Å²) < 4.78 is 33.1. The number of anilines is 2. The zero-order valence-electron chi connectivity index (χ0n) is 20.3. The van der Waals surface area contributed by atoms with E-state index in [4.69, 9.17) is 27.9 Å². The summed E-state index contributed by atoms with van der Waals surface area (Å²) in [5.74, 6) is -1.04. The Morgan fingerprint density at radius 2 is 1.62 bits per heavy atom. The fraction of sp³-hybridized carbons (Fsp3) is 0.231. The maximum absolute atomic E-state index is 13.6. The van der Waals surface area contributed by atoms with E-state index < -0.39 is 22.5 Å². The highest BCUT2D eigenvalue weighted by Gasteiger charge is 2.28. The summed E-state index contributed by atoms with van der Waals surface area (Å²) in [7, 11) is -2.60. The number of hydrogen-bond acceptors (Lipinski definition) is 5. The molecule has 0 heterocycles. The summed E-state index contributed by atoms with van der Waals surface area (Å²) in [4.78, 5) is 25.8. The Kier molecular flexibility index (Phi) is 9.93. The SMILES string of the molecule is COCCCNC(=O)c1ccccc1NC(=O)CN(c1cc(Cl)cc(Cl)c1)S(=O)(=O)c1ccc(C)cc1. The van der Waals surface area contributed by atoms with E-state index in [9.17, 15) is 18.0 Å². The molecule has 3 aromatic carbocycles. The number of hydrogen-bond donors (Lipinski definition) is 2. The van der Waals surface area contributed by atoms with Crippen LogP contribution in [0.3, 0.4) is 0 Å². The van der Waals surface area contributed by atoms with Gasteiger partial charge in [0, 0.05) is 30.3 Å². The molecule has 2 N–H and O–H groups in total. The standard InChI is InChI=1S/C26H27Cl2N3O5S/c1-18-8-10-22(11-9-18)37(34,35)31(21-15-19(27)14-20(28)16-21)17-25(32)30-24-7-4-3-6-23(24)26(33)29-12-5-13-36-2/h3-4,6-11,14-16H,5,12-13,17H2,1-2H3,(H,29,33)(H,30,32). The van der Waals surface area contributed by atoms with E-state index in [1.54, 1.807) is 43.5 Å². The number of benzene rings is 3. The third kappa shape index (κ3) is 7.69. The summed E-state index contributed by atoms with van der Waals surface area (Å²) in [6.45, 7) is 2.14. The zero-order valence-corrected chi connectivity index (χ0v) is 22.7. The quantitative estimate of drug-likeness (QED) is 0.323. The molecule has 0 aliphatic rings. The van der Waals surface area contributed by atoms with Crippen molar-refractivity contribution < 1.29 is 22.7 Å². The maximum Gasteiger partial charge on any atom is 0.264 e. The van der Waals surface area contributed by atoms with Crippen molar-refractivity contribution in [2.75, 3.05) is 36.4 Å². The third-order valence-corrected chi connectivity index (χ3v) is 7.51. The first kappa shape index (κ1) is 28.5. The lowest BCUT2D eigenvalue weighted by molar-refractivity contribution is -0.114. The van der Waals surface area contributed by atoms with Crippen LogP contribution in [0.4, 0.5) is 11.4 Å². The highest BCUT2D eigenvalue weighted by atomic mass is 35.5. The minimum Gasteiger partial charge on any atom is -0.385 e. The van der Waals surface area contributed by atoms with Gasteiger partial charge in [0.1, 0.15) is 6.54 Å². The van der Waals surface area contributed by atoms with Gasteiger partial charge in [0.2, 0.25) is 5.91 Å². The van der Waals surface area contributed by atoms with E-state index in [1.165, 1.54) is 30.3 Å². The van der Waals surface area contributed by atoms with Crippen LogP contribution in [-0.4, -0.2) is 47.0 Å². The molecule has 0 unspecified atom stereocenters. The van der Waals surface area contributed by atoms with Crippen molar-refractivity contribution >= 4 is 56.4 Å². The van der Waals surface area contributed by atoms with Crippen molar-refractivity contribution in [1.29, 1.82) is 0 Å². The molecule has 3 aromatic rings. The molecule has 0 spiro atoms. The highest BCUT2D eigenvalue weighted by Crippen LogP contribution is 2.30. The minimum absolute atomic E-state index is 0.00200. The Morgan fingerprint density at radius 1 is 0.973 bits per heavy atom. The molecule has 2 amide bonds. The maximum atomic E-state index is 13.6. The van der Waals surface area contributed by atoms with Gasteiger partial charge in [-0.2, -0.15) is 0 Å². The number of carbonyl (C=O) groups excluding carboxylic acids is 2. The smallest absolute Gasteiger partial charge is 0.264 e. The fourth-order valence-electron chi connectivity index (χ4n) is 3.46. The molecule has 0 radical (unpaired) electrons. The van der Waals surface area contributed by atoms with Gasteiger partial charge in [-0.1, -0.05) is 53.0 Å². The van der Waals surface area contributed by atoms with Gasteiger partial charge in [0.05, 0.1) is 21.8 Å². The highest BCUT2D eigenvalue weighted by molar-refractivity contribution is 7.92. The first-order chi connectivity index (χ1) is 17.6. The molecule has 11 heteroatoms. The molecular formula is C26H27Cl2N3O5S. The van der Waals surface area contributed by atoms with E-state index in [1.807, 2.05) is 6.92 Å². The first-order valence-corrected chi connectivity index (χ1v) is 13.5. The number of halogens is 2. The molecule has 196 valence electrons. The lowest BCUT2D eigenvalue weighted by Crippen LogP contribution is -2.38. The molecule has 0 saturated heterocycles. The van der Waals surface area contributed by atoms with E-state index in [0.717, 1.165) is 9.87 Å². The molecule has 0 atom stereocenters. The Balaban J connectivity index is 1.89. The number of amides is 2. The number of nitrogens with one attached hydrogen (secondary N) is 2. The average molecular weight is 564 g/mol. The molecule has 0 saturated carbocycles. The Morgan fingerprint density at radius 3 is 2.27 bits per heavy atom. The van der Waals surface area contributed by atoms with Crippen LogP contribution in [0.1, 0.15) is 22.3 Å². The van der Waals surface area contributed by atoms with Crippen LogP contribution in [0.2, 0.25) is 10.0 Å². The monoisotopic (exact) mass is 563 g/mol. The van der Waals surface area contributed by atoms with Crippen LogP contribution in [0, 0.1) is 6.92 Å². The molecule has 8 nitrogen and oxygen atoms in total. The first-order valence-electron chi connectivity index (χ1n) is 11.3. The minimum atomic E-state index is -4.17. The number of nitrogens with zero attached hydrogens (tertiary/aromatic N) is 1. The van der Waals surface area contributed by atoms with Crippen LogP contribution in [-0.2, 0) is 19.6 Å². The van der Waals surface area contributed by atoms with E-state index in [0.29, 0.717) is 19.6 Å². The van der Waals surface area contributed by atoms with Crippen molar-refractivity contribution in [2.45, 2.75) is 18.2 Å². The average Bonchev–Trinajstić information content (AvgIpc) is 2.85. The number of carbonyl (C=O) groups is 2. The second kappa shape index (κ2) is 12.9. The molecule has 37 heavy (non-hydrogen) atoms. The van der Waals surface area contributed by atoms with Crippen LogP contribution < -0.4 is 14.9 Å². The van der Waals surface area contributed by atoms with Crippen molar-refractivity contribution in [2.24, 2.45) is 0 Å². The number of methoxy groups -OCH3 is 1. The summed E-state index contributed by atoms with van der Waals surface area (Å²) in [6.07, 6.45) is 0.630. The number of aryl methyl sites for hydroxylation is 1. The predicted octanol–water partition coefficient (Wildman–Crippen LogP) is 4.90. The molecule has 0 aliphatic carbocycles. The van der Waals surface area contributed by atoms with Crippen LogP contribution in [0.15, 0.2) is 71.6 Å². The topological polar surface area (TPSA) is 105 Å². The second-order valence-electron chi connectivity index (χ2n) is 8.15. The van der Waals surface area contributed by atoms with Crippen molar-refractivity contribution in [1.82, 2.24) is 5.32 Å². The van der Waals surface area contributed by atoms with Gasteiger partial charge < -0.3 is 15.4 Å². The van der Waals surface area contributed by atoms with Crippen LogP contribution in [0.5, 0.6) is 0 Å². The second-order valence-corrected chi connectivity index (χ2v) is 10.9. The van der Waals surface area contributed by atoms with Gasteiger partial charge in [0.15, 0.2) is 0 Å². The van der Waals surface area contributed by atoms with Crippen molar-refractivity contribution in [3.63, 3.8) is 0 Å².